The number of aromatic amines is 1. The maximum Gasteiger partial charge on any atom is 0.253 e. The molecule has 0 spiro atoms. The molecule has 0 aliphatic carbocycles. The monoisotopic (exact) mass is 279 g/mol. The molecule has 0 aliphatic rings. The van der Waals surface area contributed by atoms with Crippen molar-refractivity contribution >= 4 is 16.8 Å². The van der Waals surface area contributed by atoms with E-state index < -0.39 is 0 Å². The molecule has 0 saturated heterocycles. The first kappa shape index (κ1) is 13.4. The minimum absolute atomic E-state index is 0.0737. The summed E-state index contributed by atoms with van der Waals surface area (Å²) in [5, 5.41) is 3.88. The highest BCUT2D eigenvalue weighted by molar-refractivity contribution is 6.06. The summed E-state index contributed by atoms with van der Waals surface area (Å²) < 4.78 is 0. The van der Waals surface area contributed by atoms with Gasteiger partial charge in [-0.1, -0.05) is 42.5 Å². The summed E-state index contributed by atoms with van der Waals surface area (Å²) in [5.41, 5.74) is 9.34. The van der Waals surface area contributed by atoms with Gasteiger partial charge in [0.05, 0.1) is 5.56 Å². The Morgan fingerprint density at radius 2 is 1.76 bits per heavy atom. The van der Waals surface area contributed by atoms with E-state index in [1.165, 1.54) is 0 Å². The number of fused-ring (bicyclic) bond motifs is 1. The fraction of sp³-hybridized carbons (Fsp3) is 0.118. The molecule has 4 heteroatoms. The molecular weight excluding hydrogens is 262 g/mol. The van der Waals surface area contributed by atoms with Crippen LogP contribution >= 0.6 is 0 Å². The molecule has 1 heterocycles. The van der Waals surface area contributed by atoms with Crippen LogP contribution in [0.15, 0.2) is 54.7 Å². The van der Waals surface area contributed by atoms with Crippen molar-refractivity contribution in [1.29, 1.82) is 0 Å². The molecule has 4 N–H and O–H groups in total. The molecule has 0 aliphatic heterocycles. The van der Waals surface area contributed by atoms with E-state index in [1.54, 1.807) is 6.20 Å². The Morgan fingerprint density at radius 3 is 2.52 bits per heavy atom. The second kappa shape index (κ2) is 5.81. The number of hydrogen-bond donors (Lipinski definition) is 3. The zero-order valence-corrected chi connectivity index (χ0v) is 11.6. The van der Waals surface area contributed by atoms with Crippen LogP contribution in [-0.2, 0) is 13.1 Å². The standard InChI is InChI=1S/C17H17N3O/c18-9-12-5-7-13(8-6-12)10-20-17(21)15-11-19-16-4-2-1-3-14(15)16/h1-8,11,19H,9-10,18H2,(H,20,21). The number of carbonyl (C=O) groups excluding carboxylic acids is 1. The number of rotatable bonds is 4. The lowest BCUT2D eigenvalue weighted by molar-refractivity contribution is 0.0952. The largest absolute Gasteiger partial charge is 0.360 e. The fourth-order valence-corrected chi connectivity index (χ4v) is 2.33. The van der Waals surface area contributed by atoms with E-state index in [9.17, 15) is 4.79 Å². The number of H-pyrrole nitrogens is 1. The van der Waals surface area contributed by atoms with Crippen molar-refractivity contribution in [2.24, 2.45) is 5.73 Å². The average Bonchev–Trinajstić information content (AvgIpc) is 2.97. The summed E-state index contributed by atoms with van der Waals surface area (Å²) in [6.45, 7) is 1.03. The molecule has 1 aromatic heterocycles. The summed E-state index contributed by atoms with van der Waals surface area (Å²) in [6, 6.07) is 15.7. The molecule has 3 aromatic rings. The van der Waals surface area contributed by atoms with E-state index >= 15 is 0 Å². The molecule has 0 saturated carbocycles. The smallest absolute Gasteiger partial charge is 0.253 e. The molecule has 0 radical (unpaired) electrons. The highest BCUT2D eigenvalue weighted by Gasteiger charge is 2.10. The van der Waals surface area contributed by atoms with Crippen LogP contribution in [0.25, 0.3) is 10.9 Å². The van der Waals surface area contributed by atoms with Crippen molar-refractivity contribution in [3.63, 3.8) is 0 Å². The van der Waals surface area contributed by atoms with Crippen LogP contribution in [-0.4, -0.2) is 10.9 Å². The van der Waals surface area contributed by atoms with E-state index in [2.05, 4.69) is 10.3 Å². The maximum atomic E-state index is 12.3. The number of amides is 1. The quantitative estimate of drug-likeness (QED) is 0.687. The number of nitrogens with two attached hydrogens (primary N) is 1. The van der Waals surface area contributed by atoms with Gasteiger partial charge in [0.1, 0.15) is 0 Å². The molecule has 0 fully saturated rings. The number of carbonyl (C=O) groups is 1. The highest BCUT2D eigenvalue weighted by Crippen LogP contribution is 2.17. The van der Waals surface area contributed by atoms with Crippen molar-refractivity contribution in [3.8, 4) is 0 Å². The van der Waals surface area contributed by atoms with Crippen molar-refractivity contribution in [3.05, 3.63) is 71.4 Å². The molecular formula is C17H17N3O. The Kier molecular flexibility index (Phi) is 3.71. The first-order valence-electron chi connectivity index (χ1n) is 6.90. The summed E-state index contributed by atoms with van der Waals surface area (Å²) in [6.07, 6.45) is 1.75. The number of hydrogen-bond acceptors (Lipinski definition) is 2. The van der Waals surface area contributed by atoms with E-state index in [0.29, 0.717) is 18.7 Å². The predicted molar refractivity (Wildman–Crippen MR) is 83.8 cm³/mol. The highest BCUT2D eigenvalue weighted by atomic mass is 16.1. The third kappa shape index (κ3) is 2.80. The van der Waals surface area contributed by atoms with Crippen LogP contribution in [0.1, 0.15) is 21.5 Å². The SMILES string of the molecule is NCc1ccc(CNC(=O)c2c[nH]c3ccccc23)cc1. The third-order valence-corrected chi connectivity index (χ3v) is 3.55. The van der Waals surface area contributed by atoms with Gasteiger partial charge < -0.3 is 16.0 Å². The summed E-state index contributed by atoms with van der Waals surface area (Å²) in [7, 11) is 0. The lowest BCUT2D eigenvalue weighted by Crippen LogP contribution is -2.22. The summed E-state index contributed by atoms with van der Waals surface area (Å²) in [5.74, 6) is -0.0737. The number of benzene rings is 2. The summed E-state index contributed by atoms with van der Waals surface area (Å²) in [4.78, 5) is 15.4. The van der Waals surface area contributed by atoms with Crippen LogP contribution in [0, 0.1) is 0 Å². The zero-order chi connectivity index (χ0) is 14.7. The van der Waals surface area contributed by atoms with Crippen LogP contribution in [0.5, 0.6) is 0 Å². The zero-order valence-electron chi connectivity index (χ0n) is 11.6. The molecule has 4 nitrogen and oxygen atoms in total. The van der Waals surface area contributed by atoms with E-state index in [-0.39, 0.29) is 5.91 Å². The third-order valence-electron chi connectivity index (χ3n) is 3.55. The lowest BCUT2D eigenvalue weighted by atomic mass is 10.1. The molecule has 106 valence electrons. The van der Waals surface area contributed by atoms with Crippen molar-refractivity contribution in [2.45, 2.75) is 13.1 Å². The molecule has 1 amide bonds. The number of aromatic nitrogens is 1. The van der Waals surface area contributed by atoms with Crippen LogP contribution in [0.4, 0.5) is 0 Å². The van der Waals surface area contributed by atoms with Crippen molar-refractivity contribution in [2.75, 3.05) is 0 Å². The van der Waals surface area contributed by atoms with Gasteiger partial charge in [-0.15, -0.1) is 0 Å². The van der Waals surface area contributed by atoms with E-state index in [1.807, 2.05) is 48.5 Å². The maximum absolute atomic E-state index is 12.3. The van der Waals surface area contributed by atoms with Gasteiger partial charge in [0.25, 0.3) is 5.91 Å². The van der Waals surface area contributed by atoms with Crippen LogP contribution < -0.4 is 11.1 Å². The normalized spacial score (nSPS) is 10.7. The van der Waals surface area contributed by atoms with Gasteiger partial charge in [-0.05, 0) is 17.2 Å². The average molecular weight is 279 g/mol. The molecule has 0 bridgehead atoms. The Hall–Kier alpha value is -2.59. The van der Waals surface area contributed by atoms with Gasteiger partial charge in [-0.2, -0.15) is 0 Å². The van der Waals surface area contributed by atoms with Gasteiger partial charge in [0, 0.05) is 30.2 Å². The Bertz CT molecular complexity index is 759. The Balaban J connectivity index is 1.71. The van der Waals surface area contributed by atoms with Gasteiger partial charge in [-0.3, -0.25) is 4.79 Å². The summed E-state index contributed by atoms with van der Waals surface area (Å²) >= 11 is 0. The minimum Gasteiger partial charge on any atom is -0.360 e. The van der Waals surface area contributed by atoms with Gasteiger partial charge in [0.15, 0.2) is 0 Å². The minimum atomic E-state index is -0.0737. The van der Waals surface area contributed by atoms with Crippen LogP contribution in [0.2, 0.25) is 0 Å². The van der Waals surface area contributed by atoms with Crippen molar-refractivity contribution in [1.82, 2.24) is 10.3 Å². The molecule has 0 atom stereocenters. The van der Waals surface area contributed by atoms with E-state index in [0.717, 1.165) is 22.0 Å². The molecule has 21 heavy (non-hydrogen) atoms. The fourth-order valence-electron chi connectivity index (χ4n) is 2.33. The first-order chi connectivity index (χ1) is 10.3. The van der Waals surface area contributed by atoms with Crippen molar-refractivity contribution < 1.29 is 4.79 Å². The van der Waals surface area contributed by atoms with Gasteiger partial charge in [-0.25, -0.2) is 0 Å². The second-order valence-electron chi connectivity index (χ2n) is 4.95. The molecule has 0 unspecified atom stereocenters. The molecule has 2 aromatic carbocycles. The Morgan fingerprint density at radius 1 is 1.05 bits per heavy atom. The number of para-hydroxylation sites is 1. The van der Waals surface area contributed by atoms with Gasteiger partial charge >= 0.3 is 0 Å². The number of nitrogens with one attached hydrogen (secondary N) is 2. The lowest BCUT2D eigenvalue weighted by Gasteiger charge is -2.05. The second-order valence-corrected chi connectivity index (χ2v) is 4.95. The van der Waals surface area contributed by atoms with Crippen LogP contribution in [0.3, 0.4) is 0 Å². The topological polar surface area (TPSA) is 70.9 Å². The predicted octanol–water partition coefficient (Wildman–Crippen LogP) is 2.56. The molecule has 3 rings (SSSR count). The first-order valence-corrected chi connectivity index (χ1v) is 6.90. The van der Waals surface area contributed by atoms with E-state index in [4.69, 9.17) is 5.73 Å². The van der Waals surface area contributed by atoms with Gasteiger partial charge in [0.2, 0.25) is 0 Å². The Labute approximate surface area is 123 Å².